The van der Waals surface area contributed by atoms with E-state index in [0.717, 1.165) is 27.6 Å². The maximum atomic E-state index is 13.5. The Bertz CT molecular complexity index is 1350. The average molecular weight is 612 g/mol. The van der Waals surface area contributed by atoms with Gasteiger partial charge in [0.25, 0.3) is 0 Å². The number of amides is 2. The summed E-state index contributed by atoms with van der Waals surface area (Å²) in [7, 11) is -4.39. The van der Waals surface area contributed by atoms with E-state index in [1.807, 2.05) is 24.3 Å². The number of aliphatic carboxylic acids is 1. The Balaban J connectivity index is 1.77. The molecule has 1 atom stereocenters. The first-order chi connectivity index (χ1) is 19.7. The number of carboxylic acid groups (broad SMARTS) is 1. The lowest BCUT2D eigenvalue weighted by Crippen LogP contribution is -2.61. The molecule has 42 heavy (non-hydrogen) atoms. The predicted octanol–water partition coefficient (Wildman–Crippen LogP) is 4.38. The predicted molar refractivity (Wildman–Crippen MR) is 149 cm³/mol. The lowest BCUT2D eigenvalue weighted by atomic mass is 10.0. The van der Waals surface area contributed by atoms with E-state index < -0.39 is 44.6 Å². The fourth-order valence-corrected chi connectivity index (χ4v) is 6.23. The van der Waals surface area contributed by atoms with Crippen LogP contribution in [-0.4, -0.2) is 66.2 Å². The zero-order valence-electron chi connectivity index (χ0n) is 23.6. The van der Waals surface area contributed by atoms with Gasteiger partial charge in [0.1, 0.15) is 6.04 Å². The highest BCUT2D eigenvalue weighted by Gasteiger charge is 2.41. The van der Waals surface area contributed by atoms with Crippen LogP contribution < -0.4 is 5.32 Å². The van der Waals surface area contributed by atoms with E-state index in [1.165, 1.54) is 4.90 Å². The molecule has 2 aromatic carbocycles. The topological polar surface area (TPSA) is 124 Å². The van der Waals surface area contributed by atoms with Crippen molar-refractivity contribution in [3.8, 4) is 0 Å². The molecule has 9 nitrogen and oxygen atoms in total. The summed E-state index contributed by atoms with van der Waals surface area (Å²) < 4.78 is 67.1. The molecule has 1 fully saturated rings. The van der Waals surface area contributed by atoms with Gasteiger partial charge in [0.05, 0.1) is 10.5 Å². The second-order valence-electron chi connectivity index (χ2n) is 10.6. The van der Waals surface area contributed by atoms with Gasteiger partial charge in [0.15, 0.2) is 0 Å². The Kier molecular flexibility index (Phi) is 11.1. The molecule has 2 amide bonds. The molecule has 1 aliphatic rings. The molecular weight excluding hydrogens is 575 g/mol. The minimum absolute atomic E-state index is 0.00286. The van der Waals surface area contributed by atoms with Crippen LogP contribution in [0.25, 0.3) is 0 Å². The van der Waals surface area contributed by atoms with Crippen molar-refractivity contribution in [1.29, 1.82) is 0 Å². The Morgan fingerprint density at radius 3 is 2.14 bits per heavy atom. The maximum Gasteiger partial charge on any atom is 0.416 e. The number of carboxylic acids is 1. The smallest absolute Gasteiger partial charge is 0.416 e. The number of rotatable bonds is 12. The van der Waals surface area contributed by atoms with Gasteiger partial charge in [-0.2, -0.15) is 17.5 Å². The number of unbranched alkanes of at least 4 members (excludes halogenated alkanes) is 2. The van der Waals surface area contributed by atoms with E-state index in [2.05, 4.69) is 19.2 Å². The van der Waals surface area contributed by atoms with E-state index >= 15 is 0 Å². The lowest BCUT2D eigenvalue weighted by molar-refractivity contribution is -0.138. The number of hydrogen-bond acceptors (Lipinski definition) is 5. The van der Waals surface area contributed by atoms with Gasteiger partial charge in [0.2, 0.25) is 21.8 Å². The molecule has 2 N–H and O–H groups in total. The van der Waals surface area contributed by atoms with Crippen molar-refractivity contribution in [3.63, 3.8) is 0 Å². The van der Waals surface area contributed by atoms with Crippen LogP contribution in [-0.2, 0) is 37.1 Å². The van der Waals surface area contributed by atoms with Crippen molar-refractivity contribution in [2.45, 2.75) is 75.5 Å². The SMILES string of the molecule is CC(C)c1ccc(CNC(=O)C2CN(C(=O)CCCCCC(=O)O)CCN2S(=O)(=O)c2ccc(C(F)(F)F)cc2)cc1. The highest BCUT2D eigenvalue weighted by molar-refractivity contribution is 7.89. The molecule has 0 spiro atoms. The summed E-state index contributed by atoms with van der Waals surface area (Å²) in [4.78, 5) is 38.0. The molecule has 13 heteroatoms. The number of sulfonamides is 1. The number of nitrogens with one attached hydrogen (secondary N) is 1. The fourth-order valence-electron chi connectivity index (χ4n) is 4.66. The van der Waals surface area contributed by atoms with Crippen LogP contribution in [0.5, 0.6) is 0 Å². The Labute approximate surface area is 243 Å². The second-order valence-corrected chi connectivity index (χ2v) is 12.5. The summed E-state index contributed by atoms with van der Waals surface area (Å²) in [6, 6.07) is 9.34. The molecular formula is C29H36F3N3O6S. The molecule has 230 valence electrons. The summed E-state index contributed by atoms with van der Waals surface area (Å²) in [6.45, 7) is 3.75. The summed E-state index contributed by atoms with van der Waals surface area (Å²) in [5.41, 5.74) is 0.899. The van der Waals surface area contributed by atoms with Crippen molar-refractivity contribution in [1.82, 2.24) is 14.5 Å². The first kappa shape index (κ1) is 33.1. The number of piperazine rings is 1. The van der Waals surface area contributed by atoms with Crippen LogP contribution in [0.3, 0.4) is 0 Å². The van der Waals surface area contributed by atoms with Gasteiger partial charge in [-0.25, -0.2) is 8.42 Å². The van der Waals surface area contributed by atoms with Crippen LogP contribution in [0.2, 0.25) is 0 Å². The van der Waals surface area contributed by atoms with Gasteiger partial charge >= 0.3 is 12.1 Å². The Morgan fingerprint density at radius 2 is 1.57 bits per heavy atom. The van der Waals surface area contributed by atoms with Crippen molar-refractivity contribution in [2.75, 3.05) is 19.6 Å². The Morgan fingerprint density at radius 1 is 0.952 bits per heavy atom. The fraction of sp³-hybridized carbons (Fsp3) is 0.483. The number of alkyl halides is 3. The zero-order valence-corrected chi connectivity index (χ0v) is 24.4. The van der Waals surface area contributed by atoms with Crippen LogP contribution in [0.15, 0.2) is 53.4 Å². The number of benzene rings is 2. The monoisotopic (exact) mass is 611 g/mol. The van der Waals surface area contributed by atoms with Crippen molar-refractivity contribution >= 4 is 27.8 Å². The lowest BCUT2D eigenvalue weighted by Gasteiger charge is -2.39. The van der Waals surface area contributed by atoms with Crippen LogP contribution >= 0.6 is 0 Å². The quantitative estimate of drug-likeness (QED) is 0.344. The van der Waals surface area contributed by atoms with Crippen LogP contribution in [0.1, 0.15) is 68.6 Å². The molecule has 1 aliphatic heterocycles. The number of carbonyl (C=O) groups excluding carboxylic acids is 2. The van der Waals surface area contributed by atoms with E-state index in [1.54, 1.807) is 0 Å². The number of nitrogens with zero attached hydrogens (tertiary/aromatic N) is 2. The van der Waals surface area contributed by atoms with Gasteiger partial charge in [-0.3, -0.25) is 14.4 Å². The van der Waals surface area contributed by atoms with E-state index in [4.69, 9.17) is 5.11 Å². The second kappa shape index (κ2) is 14.1. The van der Waals surface area contributed by atoms with E-state index in [0.29, 0.717) is 37.3 Å². The molecule has 0 aromatic heterocycles. The molecule has 0 bridgehead atoms. The van der Waals surface area contributed by atoms with Gasteiger partial charge in [-0.1, -0.05) is 44.5 Å². The standard InChI is InChI=1S/C29H36F3N3O6S/c1-20(2)22-10-8-21(9-11-22)18-33-28(39)25-19-34(26(36)6-4-3-5-7-27(37)38)16-17-35(25)42(40,41)24-14-12-23(13-15-24)29(30,31)32/h8-15,20,25H,3-7,16-19H2,1-2H3,(H,33,39)(H,37,38). The first-order valence-electron chi connectivity index (χ1n) is 13.8. The molecule has 1 saturated heterocycles. The third kappa shape index (κ3) is 8.78. The third-order valence-electron chi connectivity index (χ3n) is 7.17. The van der Waals surface area contributed by atoms with Crippen molar-refractivity contribution in [2.24, 2.45) is 0 Å². The number of hydrogen-bond donors (Lipinski definition) is 2. The third-order valence-corrected chi connectivity index (χ3v) is 9.09. The summed E-state index contributed by atoms with van der Waals surface area (Å²) in [5, 5.41) is 11.5. The highest BCUT2D eigenvalue weighted by Crippen LogP contribution is 2.31. The highest BCUT2D eigenvalue weighted by atomic mass is 32.2. The largest absolute Gasteiger partial charge is 0.481 e. The molecule has 2 aromatic rings. The minimum Gasteiger partial charge on any atom is -0.481 e. The molecule has 0 aliphatic carbocycles. The normalized spacial score (nSPS) is 16.4. The molecule has 1 unspecified atom stereocenters. The molecule has 1 heterocycles. The zero-order chi connectivity index (χ0) is 31.1. The van der Waals surface area contributed by atoms with Gasteiger partial charge in [-0.05, 0) is 54.2 Å². The van der Waals surface area contributed by atoms with Gasteiger partial charge in [-0.15, -0.1) is 0 Å². The molecule has 3 rings (SSSR count). The minimum atomic E-state index is -4.64. The summed E-state index contributed by atoms with van der Waals surface area (Å²) >= 11 is 0. The van der Waals surface area contributed by atoms with Crippen LogP contribution in [0.4, 0.5) is 13.2 Å². The average Bonchev–Trinajstić information content (AvgIpc) is 2.95. The summed E-state index contributed by atoms with van der Waals surface area (Å²) in [6.07, 6.45) is -3.14. The van der Waals surface area contributed by atoms with Crippen molar-refractivity contribution in [3.05, 3.63) is 65.2 Å². The number of halogens is 3. The van der Waals surface area contributed by atoms with Gasteiger partial charge < -0.3 is 15.3 Å². The molecule has 0 radical (unpaired) electrons. The van der Waals surface area contributed by atoms with Crippen molar-refractivity contribution < 1.29 is 41.1 Å². The first-order valence-corrected chi connectivity index (χ1v) is 15.2. The Hall–Kier alpha value is -3.45. The van der Waals surface area contributed by atoms with Gasteiger partial charge in [0, 0.05) is 39.0 Å². The summed E-state index contributed by atoms with van der Waals surface area (Å²) in [5.74, 6) is -1.53. The van der Waals surface area contributed by atoms with Crippen LogP contribution in [0, 0.1) is 0 Å². The van der Waals surface area contributed by atoms with E-state index in [9.17, 15) is 36.0 Å². The number of carbonyl (C=O) groups is 3. The molecule has 0 saturated carbocycles. The maximum absolute atomic E-state index is 13.5. The van der Waals surface area contributed by atoms with E-state index in [-0.39, 0.29) is 44.9 Å².